The van der Waals surface area contributed by atoms with Crippen LogP contribution in [0, 0.1) is 12.7 Å². The third kappa shape index (κ3) is 4.67. The van der Waals surface area contributed by atoms with E-state index in [-0.39, 0.29) is 11.4 Å². The van der Waals surface area contributed by atoms with Crippen molar-refractivity contribution in [3.05, 3.63) is 100 Å². The number of hydrogen-bond donors (Lipinski definition) is 1. The van der Waals surface area contributed by atoms with Crippen LogP contribution >= 0.6 is 0 Å². The van der Waals surface area contributed by atoms with Crippen molar-refractivity contribution in [2.75, 3.05) is 12.0 Å². The molecule has 1 fully saturated rings. The van der Waals surface area contributed by atoms with Crippen LogP contribution in [0.2, 0.25) is 0 Å². The number of hydrogen-bond acceptors (Lipinski definition) is 4. The Morgan fingerprint density at radius 1 is 1.00 bits per heavy atom. The highest BCUT2D eigenvalue weighted by Gasteiger charge is 2.37. The standard InChI is InChI=1S/C26H21FN2O4/c1-16-5-3-8-21(11-16)29-25(31)23(24(30)28-26(29)32)15-18-9-10-22(33-2)14-19(18)12-17-6-4-7-20(27)13-17/h3-11,13-15H,12H2,1-2H3,(H,28,30,32)/b23-15+. The van der Waals surface area contributed by atoms with Crippen LogP contribution in [-0.2, 0) is 16.0 Å². The van der Waals surface area contributed by atoms with Gasteiger partial charge in [-0.2, -0.15) is 0 Å². The Kier molecular flexibility index (Phi) is 6.04. The number of imide groups is 2. The van der Waals surface area contributed by atoms with Gasteiger partial charge < -0.3 is 4.74 Å². The Labute approximate surface area is 190 Å². The maximum atomic E-state index is 13.7. The highest BCUT2D eigenvalue weighted by atomic mass is 19.1. The first kappa shape index (κ1) is 22.0. The topological polar surface area (TPSA) is 75.7 Å². The van der Waals surface area contributed by atoms with Gasteiger partial charge in [0.2, 0.25) is 0 Å². The first-order chi connectivity index (χ1) is 15.9. The number of amides is 4. The summed E-state index contributed by atoms with van der Waals surface area (Å²) in [5, 5.41) is 2.23. The Bertz CT molecular complexity index is 1300. The Hall–Kier alpha value is -4.26. The van der Waals surface area contributed by atoms with Gasteiger partial charge in [-0.1, -0.05) is 30.3 Å². The molecule has 0 spiro atoms. The molecule has 0 atom stereocenters. The fourth-order valence-electron chi connectivity index (χ4n) is 3.68. The lowest BCUT2D eigenvalue weighted by Gasteiger charge is -2.26. The number of urea groups is 1. The van der Waals surface area contributed by atoms with Crippen LogP contribution in [0.1, 0.15) is 22.3 Å². The molecule has 0 radical (unpaired) electrons. The molecule has 33 heavy (non-hydrogen) atoms. The van der Waals surface area contributed by atoms with E-state index in [0.29, 0.717) is 23.4 Å². The van der Waals surface area contributed by atoms with Crippen LogP contribution in [0.5, 0.6) is 5.75 Å². The molecular formula is C26H21FN2O4. The summed E-state index contributed by atoms with van der Waals surface area (Å²) in [7, 11) is 1.53. The van der Waals surface area contributed by atoms with Crippen molar-refractivity contribution in [3.63, 3.8) is 0 Å². The van der Waals surface area contributed by atoms with Crippen LogP contribution in [0.15, 0.2) is 72.3 Å². The highest BCUT2D eigenvalue weighted by Crippen LogP contribution is 2.26. The molecule has 0 aliphatic carbocycles. The number of barbiturate groups is 1. The van der Waals surface area contributed by atoms with Gasteiger partial charge in [0.05, 0.1) is 12.8 Å². The second-order valence-corrected chi connectivity index (χ2v) is 7.67. The second kappa shape index (κ2) is 9.08. The van der Waals surface area contributed by atoms with Gasteiger partial charge in [-0.05, 0) is 78.1 Å². The quantitative estimate of drug-likeness (QED) is 0.468. The van der Waals surface area contributed by atoms with Gasteiger partial charge in [0, 0.05) is 0 Å². The van der Waals surface area contributed by atoms with Crippen LogP contribution < -0.4 is 15.0 Å². The number of benzene rings is 3. The minimum Gasteiger partial charge on any atom is -0.497 e. The largest absolute Gasteiger partial charge is 0.497 e. The summed E-state index contributed by atoms with van der Waals surface area (Å²) in [5.41, 5.74) is 3.08. The lowest BCUT2D eigenvalue weighted by atomic mass is 9.96. The molecule has 0 aromatic heterocycles. The molecule has 1 saturated heterocycles. The first-order valence-corrected chi connectivity index (χ1v) is 10.2. The molecule has 4 rings (SSSR count). The van der Waals surface area contributed by atoms with Crippen LogP contribution in [0.4, 0.5) is 14.9 Å². The highest BCUT2D eigenvalue weighted by molar-refractivity contribution is 6.39. The average molecular weight is 444 g/mol. The van der Waals surface area contributed by atoms with Crippen molar-refractivity contribution >= 4 is 29.6 Å². The SMILES string of the molecule is COc1ccc(/C=C2\C(=O)NC(=O)N(c3cccc(C)c3)C2=O)c(Cc2cccc(F)c2)c1. The van der Waals surface area contributed by atoms with Crippen LogP contribution in [0.3, 0.4) is 0 Å². The molecule has 0 saturated carbocycles. The summed E-state index contributed by atoms with van der Waals surface area (Å²) in [6.45, 7) is 1.84. The minimum absolute atomic E-state index is 0.179. The number of carbonyl (C=O) groups excluding carboxylic acids is 3. The minimum atomic E-state index is -0.803. The van der Waals surface area contributed by atoms with Gasteiger partial charge in [0.1, 0.15) is 17.1 Å². The van der Waals surface area contributed by atoms with Gasteiger partial charge in [0.15, 0.2) is 0 Å². The van der Waals surface area contributed by atoms with E-state index in [1.807, 2.05) is 13.0 Å². The molecule has 3 aromatic rings. The molecule has 3 aromatic carbocycles. The fourth-order valence-corrected chi connectivity index (χ4v) is 3.68. The lowest BCUT2D eigenvalue weighted by molar-refractivity contribution is -0.122. The van der Waals surface area contributed by atoms with Crippen molar-refractivity contribution in [2.45, 2.75) is 13.3 Å². The van der Waals surface area contributed by atoms with Gasteiger partial charge >= 0.3 is 6.03 Å². The molecule has 1 aliphatic heterocycles. The Balaban J connectivity index is 1.76. The number of anilines is 1. The number of halogens is 1. The monoisotopic (exact) mass is 444 g/mol. The molecule has 1 heterocycles. The average Bonchev–Trinajstić information content (AvgIpc) is 2.77. The van der Waals surface area contributed by atoms with E-state index >= 15 is 0 Å². The number of rotatable bonds is 5. The van der Waals surface area contributed by atoms with E-state index in [1.165, 1.54) is 25.3 Å². The summed E-state index contributed by atoms with van der Waals surface area (Å²) in [6.07, 6.45) is 1.80. The number of nitrogens with one attached hydrogen (secondary N) is 1. The normalized spacial score (nSPS) is 15.1. The van der Waals surface area contributed by atoms with Crippen molar-refractivity contribution in [1.29, 1.82) is 0 Å². The van der Waals surface area contributed by atoms with E-state index in [4.69, 9.17) is 4.74 Å². The zero-order chi connectivity index (χ0) is 23.5. The predicted octanol–water partition coefficient (Wildman–Crippen LogP) is 4.40. The summed E-state index contributed by atoms with van der Waals surface area (Å²) in [6, 6.07) is 17.5. The van der Waals surface area contributed by atoms with Gasteiger partial charge in [-0.25, -0.2) is 14.1 Å². The first-order valence-electron chi connectivity index (χ1n) is 10.2. The Morgan fingerprint density at radius 3 is 2.52 bits per heavy atom. The maximum absolute atomic E-state index is 13.7. The number of methoxy groups -OCH3 is 1. The number of ether oxygens (including phenoxy) is 1. The molecule has 7 heteroatoms. The van der Waals surface area contributed by atoms with Crippen molar-refractivity contribution in [2.24, 2.45) is 0 Å². The van der Waals surface area contributed by atoms with E-state index in [1.54, 1.807) is 48.5 Å². The summed E-state index contributed by atoms with van der Waals surface area (Å²) >= 11 is 0. The molecule has 1 N–H and O–H groups in total. The zero-order valence-corrected chi connectivity index (χ0v) is 18.1. The van der Waals surface area contributed by atoms with Gasteiger partial charge in [-0.3, -0.25) is 14.9 Å². The molecule has 6 nitrogen and oxygen atoms in total. The zero-order valence-electron chi connectivity index (χ0n) is 18.1. The molecular weight excluding hydrogens is 423 g/mol. The number of carbonyl (C=O) groups is 3. The molecule has 166 valence electrons. The van der Waals surface area contributed by atoms with Crippen molar-refractivity contribution in [1.82, 2.24) is 5.32 Å². The molecule has 0 unspecified atom stereocenters. The van der Waals surface area contributed by atoms with Gasteiger partial charge in [0.25, 0.3) is 11.8 Å². The number of aryl methyl sites for hydroxylation is 1. The Morgan fingerprint density at radius 2 is 1.79 bits per heavy atom. The van der Waals surface area contributed by atoms with Crippen molar-refractivity contribution < 1.29 is 23.5 Å². The van der Waals surface area contributed by atoms with Gasteiger partial charge in [-0.15, -0.1) is 0 Å². The van der Waals surface area contributed by atoms with E-state index < -0.39 is 17.8 Å². The summed E-state index contributed by atoms with van der Waals surface area (Å²) in [4.78, 5) is 39.2. The predicted molar refractivity (Wildman–Crippen MR) is 122 cm³/mol. The fraction of sp³-hybridized carbons (Fsp3) is 0.115. The third-order valence-electron chi connectivity index (χ3n) is 5.30. The van der Waals surface area contributed by atoms with Crippen molar-refractivity contribution in [3.8, 4) is 5.75 Å². The van der Waals surface area contributed by atoms with E-state index in [2.05, 4.69) is 5.32 Å². The smallest absolute Gasteiger partial charge is 0.335 e. The molecule has 4 amide bonds. The second-order valence-electron chi connectivity index (χ2n) is 7.67. The van der Waals surface area contributed by atoms with E-state index in [0.717, 1.165) is 21.6 Å². The van der Waals surface area contributed by atoms with Crippen LogP contribution in [-0.4, -0.2) is 25.0 Å². The maximum Gasteiger partial charge on any atom is 0.335 e. The summed E-state index contributed by atoms with van der Waals surface area (Å²) in [5.74, 6) is -1.27. The van der Waals surface area contributed by atoms with E-state index in [9.17, 15) is 18.8 Å². The lowest BCUT2D eigenvalue weighted by Crippen LogP contribution is -2.54. The third-order valence-corrected chi connectivity index (χ3v) is 5.30. The van der Waals surface area contributed by atoms with Crippen LogP contribution in [0.25, 0.3) is 6.08 Å². The molecule has 0 bridgehead atoms. The molecule has 1 aliphatic rings. The number of nitrogens with zero attached hydrogens (tertiary/aromatic N) is 1. The summed E-state index contributed by atoms with van der Waals surface area (Å²) < 4.78 is 19.0.